The van der Waals surface area contributed by atoms with Gasteiger partial charge in [0.15, 0.2) is 0 Å². The Bertz CT molecular complexity index is 161. The van der Waals surface area contributed by atoms with Crippen molar-refractivity contribution in [2.24, 2.45) is 0 Å². The quantitative estimate of drug-likeness (QED) is 0.632. The van der Waals surface area contributed by atoms with Gasteiger partial charge in [-0.15, -0.1) is 0 Å². The van der Waals surface area contributed by atoms with Gasteiger partial charge in [0.2, 0.25) is 0 Å². The number of aliphatic hydroxyl groups is 2. The zero-order chi connectivity index (χ0) is 10.6. The van der Waals surface area contributed by atoms with Crippen molar-refractivity contribution in [3.05, 3.63) is 0 Å². The van der Waals surface area contributed by atoms with Crippen molar-refractivity contribution in [1.82, 2.24) is 5.32 Å². The molecule has 0 aromatic rings. The number of aliphatic hydroxyl groups excluding tert-OH is 2. The third-order valence-electron chi connectivity index (χ3n) is 2.60. The molecule has 1 rings (SSSR count). The van der Waals surface area contributed by atoms with Gasteiger partial charge in [0.25, 0.3) is 6.43 Å². The molecule has 1 aliphatic rings. The minimum absolute atomic E-state index is 0.0710. The molecule has 0 radical (unpaired) electrons. The van der Waals surface area contributed by atoms with Crippen LogP contribution in [0.25, 0.3) is 0 Å². The molecule has 0 amide bonds. The van der Waals surface area contributed by atoms with E-state index in [2.05, 4.69) is 5.32 Å². The van der Waals surface area contributed by atoms with E-state index in [9.17, 15) is 13.9 Å². The molecule has 84 valence electrons. The van der Waals surface area contributed by atoms with Crippen LogP contribution in [0.2, 0.25) is 0 Å². The van der Waals surface area contributed by atoms with Crippen molar-refractivity contribution in [3.63, 3.8) is 0 Å². The lowest BCUT2D eigenvalue weighted by atomic mass is 9.93. The van der Waals surface area contributed by atoms with E-state index in [1.807, 2.05) is 0 Å². The van der Waals surface area contributed by atoms with E-state index in [-0.39, 0.29) is 18.7 Å². The lowest BCUT2D eigenvalue weighted by molar-refractivity contribution is -0.00607. The van der Waals surface area contributed by atoms with Gasteiger partial charge in [0.1, 0.15) is 6.10 Å². The number of hydrogen-bond donors (Lipinski definition) is 3. The van der Waals surface area contributed by atoms with Gasteiger partial charge in [0, 0.05) is 12.6 Å². The number of halogens is 2. The van der Waals surface area contributed by atoms with Crippen LogP contribution in [0.5, 0.6) is 0 Å². The van der Waals surface area contributed by atoms with E-state index in [0.717, 1.165) is 12.8 Å². The molecular formula is C9H17F2NO2. The highest BCUT2D eigenvalue weighted by molar-refractivity contribution is 4.77. The van der Waals surface area contributed by atoms with Crippen LogP contribution in [0.1, 0.15) is 25.7 Å². The molecule has 1 aliphatic carbocycles. The minimum Gasteiger partial charge on any atom is -0.393 e. The molecule has 0 bridgehead atoms. The molecule has 0 aliphatic heterocycles. The number of rotatable bonds is 4. The van der Waals surface area contributed by atoms with Gasteiger partial charge in [-0.25, -0.2) is 8.78 Å². The molecule has 5 heteroatoms. The summed E-state index contributed by atoms with van der Waals surface area (Å²) in [5.74, 6) is 0. The maximum Gasteiger partial charge on any atom is 0.265 e. The van der Waals surface area contributed by atoms with E-state index in [1.165, 1.54) is 0 Å². The Morgan fingerprint density at radius 1 is 1.21 bits per heavy atom. The van der Waals surface area contributed by atoms with Crippen LogP contribution < -0.4 is 5.32 Å². The average Bonchev–Trinajstić information content (AvgIpc) is 2.16. The molecule has 1 unspecified atom stereocenters. The van der Waals surface area contributed by atoms with Crippen LogP contribution >= 0.6 is 0 Å². The van der Waals surface area contributed by atoms with Crippen LogP contribution in [-0.4, -0.2) is 41.4 Å². The molecule has 1 saturated carbocycles. The topological polar surface area (TPSA) is 52.5 Å². The zero-order valence-electron chi connectivity index (χ0n) is 8.00. The Labute approximate surface area is 82.1 Å². The lowest BCUT2D eigenvalue weighted by Crippen LogP contribution is -2.40. The maximum absolute atomic E-state index is 11.9. The van der Waals surface area contributed by atoms with Crippen molar-refractivity contribution in [3.8, 4) is 0 Å². The molecule has 3 N–H and O–H groups in total. The highest BCUT2D eigenvalue weighted by atomic mass is 19.3. The highest BCUT2D eigenvalue weighted by Crippen LogP contribution is 2.18. The number of alkyl halides is 2. The van der Waals surface area contributed by atoms with Gasteiger partial charge in [-0.3, -0.25) is 0 Å². The Balaban J connectivity index is 2.13. The van der Waals surface area contributed by atoms with Crippen LogP contribution in [-0.2, 0) is 0 Å². The fourth-order valence-corrected chi connectivity index (χ4v) is 1.66. The first-order chi connectivity index (χ1) is 6.59. The molecule has 3 nitrogen and oxygen atoms in total. The summed E-state index contributed by atoms with van der Waals surface area (Å²) in [7, 11) is 0. The Hall–Kier alpha value is -0.260. The lowest BCUT2D eigenvalue weighted by Gasteiger charge is -2.27. The molecule has 0 heterocycles. The van der Waals surface area contributed by atoms with Crippen molar-refractivity contribution in [2.45, 2.75) is 50.4 Å². The third kappa shape index (κ3) is 3.86. The van der Waals surface area contributed by atoms with E-state index in [4.69, 9.17) is 5.11 Å². The monoisotopic (exact) mass is 209 g/mol. The predicted octanol–water partition coefficient (Wildman–Crippen LogP) is 0.505. The Morgan fingerprint density at radius 2 is 1.79 bits per heavy atom. The van der Waals surface area contributed by atoms with Crippen LogP contribution in [0.15, 0.2) is 0 Å². The first-order valence-electron chi connectivity index (χ1n) is 4.97. The summed E-state index contributed by atoms with van der Waals surface area (Å²) in [6.45, 7) is -0.0710. The van der Waals surface area contributed by atoms with Crippen LogP contribution in [0, 0.1) is 0 Å². The summed E-state index contributed by atoms with van der Waals surface area (Å²) in [5, 5.41) is 20.9. The maximum atomic E-state index is 11.9. The normalized spacial score (nSPS) is 30.6. The second-order valence-electron chi connectivity index (χ2n) is 3.82. The Kier molecular flexibility index (Phi) is 4.71. The first kappa shape index (κ1) is 11.8. The summed E-state index contributed by atoms with van der Waals surface area (Å²) < 4.78 is 23.8. The number of nitrogens with one attached hydrogen (secondary N) is 1. The van der Waals surface area contributed by atoms with Gasteiger partial charge in [-0.05, 0) is 25.7 Å². The molecular weight excluding hydrogens is 192 g/mol. The molecule has 0 spiro atoms. The van der Waals surface area contributed by atoms with E-state index >= 15 is 0 Å². The first-order valence-corrected chi connectivity index (χ1v) is 4.97. The zero-order valence-corrected chi connectivity index (χ0v) is 8.00. The molecule has 0 saturated heterocycles. The summed E-state index contributed by atoms with van der Waals surface area (Å²) >= 11 is 0. The van der Waals surface area contributed by atoms with Gasteiger partial charge >= 0.3 is 0 Å². The standard InChI is InChI=1S/C9H17F2NO2/c10-9(11)8(14)5-12-6-1-3-7(13)4-2-6/h6-9,12-14H,1-5H2. The largest absolute Gasteiger partial charge is 0.393 e. The van der Waals surface area contributed by atoms with Crippen LogP contribution in [0.4, 0.5) is 8.78 Å². The number of hydrogen-bond acceptors (Lipinski definition) is 3. The summed E-state index contributed by atoms with van der Waals surface area (Å²) in [4.78, 5) is 0. The Morgan fingerprint density at radius 3 is 2.29 bits per heavy atom. The molecule has 14 heavy (non-hydrogen) atoms. The van der Waals surface area contributed by atoms with Gasteiger partial charge in [-0.1, -0.05) is 0 Å². The van der Waals surface area contributed by atoms with Gasteiger partial charge < -0.3 is 15.5 Å². The van der Waals surface area contributed by atoms with Crippen molar-refractivity contribution in [2.75, 3.05) is 6.54 Å². The molecule has 1 atom stereocenters. The minimum atomic E-state index is -2.68. The molecule has 0 aromatic heterocycles. The van der Waals surface area contributed by atoms with Crippen molar-refractivity contribution < 1.29 is 19.0 Å². The molecule has 0 aromatic carbocycles. The second-order valence-corrected chi connectivity index (χ2v) is 3.82. The van der Waals surface area contributed by atoms with Crippen LogP contribution in [0.3, 0.4) is 0 Å². The summed E-state index contributed by atoms with van der Waals surface area (Å²) in [5.41, 5.74) is 0. The summed E-state index contributed by atoms with van der Waals surface area (Å²) in [6.07, 6.45) is -1.51. The fraction of sp³-hybridized carbons (Fsp3) is 1.00. The second kappa shape index (κ2) is 5.58. The van der Waals surface area contributed by atoms with Gasteiger partial charge in [-0.2, -0.15) is 0 Å². The predicted molar refractivity (Wildman–Crippen MR) is 48.3 cm³/mol. The fourth-order valence-electron chi connectivity index (χ4n) is 1.66. The van der Waals surface area contributed by atoms with E-state index in [1.54, 1.807) is 0 Å². The van der Waals surface area contributed by atoms with Gasteiger partial charge in [0.05, 0.1) is 6.10 Å². The third-order valence-corrected chi connectivity index (χ3v) is 2.60. The summed E-state index contributed by atoms with van der Waals surface area (Å²) in [6, 6.07) is 0.159. The average molecular weight is 209 g/mol. The van der Waals surface area contributed by atoms with E-state index < -0.39 is 12.5 Å². The SMILES string of the molecule is OC1CCC(NCC(O)C(F)F)CC1. The highest BCUT2D eigenvalue weighted by Gasteiger charge is 2.22. The molecule has 1 fully saturated rings. The van der Waals surface area contributed by atoms with Crippen molar-refractivity contribution in [1.29, 1.82) is 0 Å². The van der Waals surface area contributed by atoms with E-state index in [0.29, 0.717) is 12.8 Å². The smallest absolute Gasteiger partial charge is 0.265 e. The van der Waals surface area contributed by atoms with Crippen molar-refractivity contribution >= 4 is 0 Å².